The van der Waals surface area contributed by atoms with Gasteiger partial charge in [-0.15, -0.1) is 0 Å². The number of nitrogens with zero attached hydrogens (tertiary/aromatic N) is 3. The van der Waals surface area contributed by atoms with Crippen LogP contribution in [0.25, 0.3) is 0 Å². The van der Waals surface area contributed by atoms with Crippen LogP contribution in [0, 0.1) is 6.92 Å². The molecule has 0 spiro atoms. The summed E-state index contributed by atoms with van der Waals surface area (Å²) in [5.41, 5.74) is 3.18. The van der Waals surface area contributed by atoms with Crippen LogP contribution in [0.15, 0.2) is 55.2 Å². The summed E-state index contributed by atoms with van der Waals surface area (Å²) in [5.74, 6) is 1.36. The van der Waals surface area contributed by atoms with Gasteiger partial charge in [0.25, 0.3) is 0 Å². The number of hydrogen-bond donors (Lipinski definition) is 2. The van der Waals surface area contributed by atoms with Crippen LogP contribution in [0.2, 0.25) is 0 Å². The Hall–Kier alpha value is -3.13. The highest BCUT2D eigenvalue weighted by atomic mass is 32.1. The van der Waals surface area contributed by atoms with Crippen molar-refractivity contribution in [1.82, 2.24) is 19.9 Å². The molecular weight excluding hydrogens is 398 g/mol. The van der Waals surface area contributed by atoms with Crippen molar-refractivity contribution in [3.05, 3.63) is 66.5 Å². The molecule has 2 N–H and O–H groups in total. The van der Waals surface area contributed by atoms with Crippen molar-refractivity contribution >= 4 is 23.0 Å². The average Bonchev–Trinajstić information content (AvgIpc) is 3.17. The maximum absolute atomic E-state index is 5.89. The van der Waals surface area contributed by atoms with E-state index in [0.29, 0.717) is 23.2 Å². The number of benzene rings is 1. The molecule has 0 unspecified atom stereocenters. The van der Waals surface area contributed by atoms with Gasteiger partial charge in [0, 0.05) is 55.5 Å². The monoisotopic (exact) mass is 425 g/mol. The zero-order chi connectivity index (χ0) is 21.2. The molecule has 2 heterocycles. The number of hydrogen-bond acceptors (Lipinski definition) is 5. The fraction of sp³-hybridized carbons (Fsp3) is 0.318. The second-order valence-electron chi connectivity index (χ2n) is 6.78. The molecule has 1 aromatic carbocycles. The molecule has 158 valence electrons. The Kier molecular flexibility index (Phi) is 8.02. The van der Waals surface area contributed by atoms with Crippen LogP contribution < -0.4 is 20.1 Å². The predicted octanol–water partition coefficient (Wildman–Crippen LogP) is 3.59. The Morgan fingerprint density at radius 1 is 1.13 bits per heavy atom. The van der Waals surface area contributed by atoms with Crippen molar-refractivity contribution in [2.75, 3.05) is 25.6 Å². The minimum absolute atomic E-state index is 0.559. The van der Waals surface area contributed by atoms with E-state index in [2.05, 4.69) is 25.2 Å². The summed E-state index contributed by atoms with van der Waals surface area (Å²) in [6.07, 6.45) is 9.03. The highest BCUT2D eigenvalue weighted by Crippen LogP contribution is 2.30. The minimum Gasteiger partial charge on any atom is -0.493 e. The first-order valence-electron chi connectivity index (χ1n) is 9.87. The molecule has 0 aliphatic heterocycles. The Labute approximate surface area is 182 Å². The van der Waals surface area contributed by atoms with Crippen molar-refractivity contribution in [2.45, 2.75) is 26.3 Å². The molecule has 0 saturated heterocycles. The van der Waals surface area contributed by atoms with Crippen molar-refractivity contribution in [1.29, 1.82) is 0 Å². The van der Waals surface area contributed by atoms with Crippen LogP contribution in [0.4, 0.5) is 5.69 Å². The molecule has 0 atom stereocenters. The number of ether oxygens (including phenoxy) is 2. The van der Waals surface area contributed by atoms with Crippen molar-refractivity contribution < 1.29 is 9.47 Å². The van der Waals surface area contributed by atoms with Gasteiger partial charge in [-0.3, -0.25) is 4.98 Å². The molecule has 0 bridgehead atoms. The lowest BCUT2D eigenvalue weighted by atomic mass is 10.2. The van der Waals surface area contributed by atoms with E-state index in [1.807, 2.05) is 49.8 Å². The van der Waals surface area contributed by atoms with E-state index in [9.17, 15) is 0 Å². The fourth-order valence-corrected chi connectivity index (χ4v) is 3.16. The quantitative estimate of drug-likeness (QED) is 0.380. The number of thiocarbonyl (C=S) groups is 1. The van der Waals surface area contributed by atoms with Gasteiger partial charge in [-0.25, -0.2) is 4.98 Å². The van der Waals surface area contributed by atoms with Crippen molar-refractivity contribution in [3.63, 3.8) is 0 Å². The summed E-state index contributed by atoms with van der Waals surface area (Å²) < 4.78 is 13.5. The molecule has 0 amide bonds. The Morgan fingerprint density at radius 3 is 2.70 bits per heavy atom. The lowest BCUT2D eigenvalue weighted by Gasteiger charge is -2.14. The summed E-state index contributed by atoms with van der Waals surface area (Å²) in [6.45, 7) is 4.29. The highest BCUT2D eigenvalue weighted by Gasteiger charge is 2.07. The molecule has 3 rings (SSSR count). The minimum atomic E-state index is 0.559. The van der Waals surface area contributed by atoms with Crippen LogP contribution >= 0.6 is 12.2 Å². The number of nitrogens with one attached hydrogen (secondary N) is 2. The first-order chi connectivity index (χ1) is 14.7. The molecule has 7 nitrogen and oxygen atoms in total. The first kappa shape index (κ1) is 21.6. The molecule has 30 heavy (non-hydrogen) atoms. The van der Waals surface area contributed by atoms with Crippen molar-refractivity contribution in [2.24, 2.45) is 0 Å². The van der Waals surface area contributed by atoms with Crippen LogP contribution in [0.1, 0.15) is 17.7 Å². The number of imidazole rings is 1. The van der Waals surface area contributed by atoms with Gasteiger partial charge in [-0.2, -0.15) is 0 Å². The van der Waals surface area contributed by atoms with E-state index in [4.69, 9.17) is 21.7 Å². The van der Waals surface area contributed by atoms with E-state index in [-0.39, 0.29) is 0 Å². The Balaban J connectivity index is 1.44. The Bertz CT molecular complexity index is 946. The molecule has 0 aliphatic carbocycles. The Morgan fingerprint density at radius 2 is 1.97 bits per heavy atom. The molecule has 0 aliphatic rings. The van der Waals surface area contributed by atoms with Gasteiger partial charge < -0.3 is 24.7 Å². The van der Waals surface area contributed by atoms with Crippen LogP contribution in [0.5, 0.6) is 11.5 Å². The number of rotatable bonds is 10. The maximum atomic E-state index is 5.89. The average molecular weight is 426 g/mol. The van der Waals surface area contributed by atoms with Gasteiger partial charge in [0.1, 0.15) is 0 Å². The smallest absolute Gasteiger partial charge is 0.170 e. The van der Waals surface area contributed by atoms with Gasteiger partial charge in [0.05, 0.1) is 20.0 Å². The summed E-state index contributed by atoms with van der Waals surface area (Å²) in [4.78, 5) is 8.15. The van der Waals surface area contributed by atoms with E-state index in [0.717, 1.165) is 37.3 Å². The topological polar surface area (TPSA) is 73.2 Å². The SMILES string of the molecule is COc1cc(NC(=S)NCCCn2cncc2C)ccc1OCCc1ccncc1. The van der Waals surface area contributed by atoms with Crippen LogP contribution in [-0.2, 0) is 13.0 Å². The largest absolute Gasteiger partial charge is 0.493 e. The number of pyridine rings is 1. The molecule has 0 fully saturated rings. The fourth-order valence-electron chi connectivity index (χ4n) is 2.94. The van der Waals surface area contributed by atoms with Gasteiger partial charge in [0.2, 0.25) is 0 Å². The van der Waals surface area contributed by atoms with Gasteiger partial charge in [-0.1, -0.05) is 0 Å². The predicted molar refractivity (Wildman–Crippen MR) is 122 cm³/mol. The highest BCUT2D eigenvalue weighted by molar-refractivity contribution is 7.80. The number of methoxy groups -OCH3 is 1. The normalized spacial score (nSPS) is 10.5. The lowest BCUT2D eigenvalue weighted by Crippen LogP contribution is -2.29. The summed E-state index contributed by atoms with van der Waals surface area (Å²) in [5, 5.41) is 6.99. The van der Waals surface area contributed by atoms with E-state index in [1.165, 1.54) is 5.56 Å². The summed E-state index contributed by atoms with van der Waals surface area (Å²) in [7, 11) is 1.63. The van der Waals surface area contributed by atoms with E-state index in [1.54, 1.807) is 19.5 Å². The maximum Gasteiger partial charge on any atom is 0.170 e. The van der Waals surface area contributed by atoms with Gasteiger partial charge in [0.15, 0.2) is 16.6 Å². The number of aryl methyl sites for hydroxylation is 2. The summed E-state index contributed by atoms with van der Waals surface area (Å²) >= 11 is 5.39. The van der Waals surface area contributed by atoms with Gasteiger partial charge >= 0.3 is 0 Å². The molecule has 0 saturated carbocycles. The third-order valence-corrected chi connectivity index (χ3v) is 4.85. The summed E-state index contributed by atoms with van der Waals surface area (Å²) in [6, 6.07) is 9.66. The van der Waals surface area contributed by atoms with Crippen molar-refractivity contribution in [3.8, 4) is 11.5 Å². The zero-order valence-corrected chi connectivity index (χ0v) is 18.1. The third-order valence-electron chi connectivity index (χ3n) is 4.60. The van der Waals surface area contributed by atoms with Crippen LogP contribution in [-0.4, -0.2) is 39.9 Å². The van der Waals surface area contributed by atoms with E-state index >= 15 is 0 Å². The lowest BCUT2D eigenvalue weighted by molar-refractivity contribution is 0.298. The van der Waals surface area contributed by atoms with Crippen LogP contribution in [0.3, 0.4) is 0 Å². The second-order valence-corrected chi connectivity index (χ2v) is 7.19. The number of aromatic nitrogens is 3. The standard InChI is InChI=1S/C22H27N5O2S/c1-17-15-24-16-27(17)12-3-9-25-22(30)26-19-4-5-20(21(14-19)28-2)29-13-8-18-6-10-23-11-7-18/h4-7,10-11,14-16H,3,8-9,12-13H2,1-2H3,(H2,25,26,30). The molecule has 2 aromatic heterocycles. The molecule has 0 radical (unpaired) electrons. The molecule has 3 aromatic rings. The first-order valence-corrected chi connectivity index (χ1v) is 10.3. The number of anilines is 1. The zero-order valence-electron chi connectivity index (χ0n) is 17.3. The van der Waals surface area contributed by atoms with Gasteiger partial charge in [-0.05, 0) is 55.4 Å². The second kappa shape index (κ2) is 11.2. The molecular formula is C22H27N5O2S. The van der Waals surface area contributed by atoms with E-state index < -0.39 is 0 Å². The third kappa shape index (κ3) is 6.45. The molecule has 8 heteroatoms.